The summed E-state index contributed by atoms with van der Waals surface area (Å²) in [5.74, 6) is -0.555. The minimum Gasteiger partial charge on any atom is -0.481 e. The third kappa shape index (κ3) is 5.19. The molecule has 1 amide bonds. The highest BCUT2D eigenvalue weighted by atomic mass is 32.2. The fourth-order valence-electron chi connectivity index (χ4n) is 3.99. The van der Waals surface area contributed by atoms with Crippen LogP contribution in [0.2, 0.25) is 0 Å². The van der Waals surface area contributed by atoms with Crippen LogP contribution in [0.4, 0.5) is 0 Å². The molecule has 2 heterocycles. The SMILES string of the molecule is CNC(=O)c1c(-c2ccc(C)cc2)oc2nc(CN(CCCC(=O)O)S(=O)O)c(C3CC3)cc12. The number of amides is 1. The smallest absolute Gasteiger partial charge is 0.303 e. The van der Waals surface area contributed by atoms with Gasteiger partial charge >= 0.3 is 5.97 Å². The Hall–Kier alpha value is -3.08. The van der Waals surface area contributed by atoms with Gasteiger partial charge in [-0.05, 0) is 43.7 Å². The Labute approximate surface area is 199 Å². The molecule has 1 fully saturated rings. The number of hydrogen-bond donors (Lipinski definition) is 3. The number of nitrogens with one attached hydrogen (secondary N) is 1. The number of aliphatic carboxylic acids is 1. The van der Waals surface area contributed by atoms with Crippen LogP contribution < -0.4 is 5.32 Å². The van der Waals surface area contributed by atoms with Gasteiger partial charge in [-0.1, -0.05) is 29.8 Å². The summed E-state index contributed by atoms with van der Waals surface area (Å²) < 4.78 is 29.1. The first-order chi connectivity index (χ1) is 16.3. The van der Waals surface area contributed by atoms with Crippen molar-refractivity contribution < 1.29 is 27.9 Å². The number of benzene rings is 1. The van der Waals surface area contributed by atoms with Crippen molar-refractivity contribution in [3.63, 3.8) is 0 Å². The third-order valence-corrected chi connectivity index (χ3v) is 6.68. The molecule has 180 valence electrons. The number of pyridine rings is 1. The van der Waals surface area contributed by atoms with Gasteiger partial charge < -0.3 is 14.8 Å². The normalized spacial score (nSPS) is 14.5. The van der Waals surface area contributed by atoms with E-state index in [1.54, 1.807) is 7.05 Å². The molecule has 1 aliphatic carbocycles. The first-order valence-corrected chi connectivity index (χ1v) is 12.2. The Kier molecular flexibility index (Phi) is 7.11. The second kappa shape index (κ2) is 10.0. The van der Waals surface area contributed by atoms with Crippen LogP contribution in [0.5, 0.6) is 0 Å². The molecule has 0 aliphatic heterocycles. The zero-order valence-electron chi connectivity index (χ0n) is 19.0. The van der Waals surface area contributed by atoms with E-state index in [0.717, 1.165) is 29.5 Å². The Morgan fingerprint density at radius 2 is 1.97 bits per heavy atom. The van der Waals surface area contributed by atoms with Crippen LogP contribution in [0.3, 0.4) is 0 Å². The van der Waals surface area contributed by atoms with Crippen LogP contribution in [0, 0.1) is 6.92 Å². The molecule has 2 aromatic heterocycles. The number of aryl methyl sites for hydroxylation is 1. The van der Waals surface area contributed by atoms with E-state index in [-0.39, 0.29) is 43.5 Å². The summed E-state index contributed by atoms with van der Waals surface area (Å²) in [5, 5.41) is 12.2. The number of nitrogens with zero attached hydrogens (tertiary/aromatic N) is 2. The minimum absolute atomic E-state index is 0.0698. The maximum Gasteiger partial charge on any atom is 0.303 e. The number of carbonyl (C=O) groups is 2. The number of carboxylic acid groups (broad SMARTS) is 1. The Balaban J connectivity index is 1.78. The van der Waals surface area contributed by atoms with Gasteiger partial charge in [-0.15, -0.1) is 0 Å². The van der Waals surface area contributed by atoms with Crippen LogP contribution in [0.25, 0.3) is 22.4 Å². The number of carboxylic acids is 1. The summed E-state index contributed by atoms with van der Waals surface area (Å²) in [4.78, 5) is 28.4. The van der Waals surface area contributed by atoms with E-state index in [2.05, 4.69) is 5.32 Å². The molecule has 1 atom stereocenters. The van der Waals surface area contributed by atoms with Crippen molar-refractivity contribution in [1.29, 1.82) is 0 Å². The van der Waals surface area contributed by atoms with E-state index in [1.165, 1.54) is 4.31 Å². The van der Waals surface area contributed by atoms with Crippen molar-refractivity contribution in [3.05, 3.63) is 52.7 Å². The summed E-state index contributed by atoms with van der Waals surface area (Å²) in [6.45, 7) is 2.18. The molecule has 0 radical (unpaired) electrons. The predicted octanol–water partition coefficient (Wildman–Crippen LogP) is 3.84. The highest BCUT2D eigenvalue weighted by molar-refractivity contribution is 7.76. The van der Waals surface area contributed by atoms with Crippen LogP contribution in [-0.4, -0.2) is 48.6 Å². The maximum absolute atomic E-state index is 12.8. The van der Waals surface area contributed by atoms with Crippen LogP contribution in [0.15, 0.2) is 34.7 Å². The molecular formula is C24H27N3O6S. The Morgan fingerprint density at radius 1 is 1.26 bits per heavy atom. The molecule has 0 bridgehead atoms. The van der Waals surface area contributed by atoms with E-state index >= 15 is 0 Å². The van der Waals surface area contributed by atoms with Crippen molar-refractivity contribution in [2.75, 3.05) is 13.6 Å². The highest BCUT2D eigenvalue weighted by Gasteiger charge is 2.31. The summed E-state index contributed by atoms with van der Waals surface area (Å²) in [5.41, 5.74) is 4.04. The standard InChI is InChI=1S/C24H27N3O6S/c1-14-5-7-16(8-6-14)22-21(23(30)25-2)18-12-17(15-9-10-15)19(26-24(18)33-22)13-27(34(31)32)11-3-4-20(28)29/h5-8,12,15H,3-4,9-11,13H2,1-2H3,(H,25,30)(H,28,29)(H,31,32). The predicted molar refractivity (Wildman–Crippen MR) is 128 cm³/mol. The number of furan rings is 1. The number of aromatic nitrogens is 1. The summed E-state index contributed by atoms with van der Waals surface area (Å²) in [6, 6.07) is 9.58. The first-order valence-electron chi connectivity index (χ1n) is 11.1. The van der Waals surface area contributed by atoms with E-state index in [9.17, 15) is 18.4 Å². The largest absolute Gasteiger partial charge is 0.481 e. The lowest BCUT2D eigenvalue weighted by atomic mass is 10.0. The van der Waals surface area contributed by atoms with Gasteiger partial charge in [0.25, 0.3) is 5.91 Å². The first kappa shape index (κ1) is 24.1. The average molecular weight is 486 g/mol. The molecule has 4 rings (SSSR count). The molecule has 1 aliphatic rings. The van der Waals surface area contributed by atoms with E-state index in [0.29, 0.717) is 22.4 Å². The van der Waals surface area contributed by atoms with Gasteiger partial charge in [-0.2, -0.15) is 4.31 Å². The molecule has 1 aromatic carbocycles. The topological polar surface area (TPSA) is 133 Å². The lowest BCUT2D eigenvalue weighted by molar-refractivity contribution is -0.137. The molecule has 0 saturated heterocycles. The average Bonchev–Trinajstić information content (AvgIpc) is 3.58. The lowest BCUT2D eigenvalue weighted by Gasteiger charge is -2.18. The zero-order valence-corrected chi connectivity index (χ0v) is 19.9. The van der Waals surface area contributed by atoms with Crippen molar-refractivity contribution in [1.82, 2.24) is 14.6 Å². The van der Waals surface area contributed by atoms with Crippen molar-refractivity contribution >= 4 is 34.2 Å². The number of carbonyl (C=O) groups excluding carboxylic acids is 1. The van der Waals surface area contributed by atoms with Crippen LogP contribution in [-0.2, 0) is 22.6 Å². The fourth-order valence-corrected chi connectivity index (χ4v) is 4.51. The molecule has 34 heavy (non-hydrogen) atoms. The molecule has 3 aromatic rings. The number of hydrogen-bond acceptors (Lipinski definition) is 5. The summed E-state index contributed by atoms with van der Waals surface area (Å²) in [6.07, 6.45) is 2.09. The molecule has 3 N–H and O–H groups in total. The van der Waals surface area contributed by atoms with Crippen LogP contribution in [0.1, 0.15) is 58.8 Å². The number of fused-ring (bicyclic) bond motifs is 1. The van der Waals surface area contributed by atoms with Gasteiger partial charge in [-0.3, -0.25) is 14.1 Å². The molecule has 10 heteroatoms. The van der Waals surface area contributed by atoms with Gasteiger partial charge in [0.15, 0.2) is 0 Å². The second-order valence-electron chi connectivity index (χ2n) is 8.49. The highest BCUT2D eigenvalue weighted by Crippen LogP contribution is 2.44. The van der Waals surface area contributed by atoms with Gasteiger partial charge in [0.2, 0.25) is 17.0 Å². The Morgan fingerprint density at radius 3 is 2.56 bits per heavy atom. The van der Waals surface area contributed by atoms with E-state index in [4.69, 9.17) is 14.5 Å². The summed E-state index contributed by atoms with van der Waals surface area (Å²) >= 11 is -2.29. The quantitative estimate of drug-likeness (QED) is 0.372. The number of rotatable bonds is 10. The van der Waals surface area contributed by atoms with Gasteiger partial charge in [-0.25, -0.2) is 9.19 Å². The van der Waals surface area contributed by atoms with Gasteiger partial charge in [0, 0.05) is 25.6 Å². The maximum atomic E-state index is 12.8. The molecule has 1 unspecified atom stereocenters. The zero-order chi connectivity index (χ0) is 24.4. The van der Waals surface area contributed by atoms with Gasteiger partial charge in [0.1, 0.15) is 5.76 Å². The monoisotopic (exact) mass is 485 g/mol. The molecular weight excluding hydrogens is 458 g/mol. The molecule has 1 saturated carbocycles. The second-order valence-corrected chi connectivity index (χ2v) is 9.47. The lowest BCUT2D eigenvalue weighted by Crippen LogP contribution is -2.27. The molecule has 0 spiro atoms. The fraction of sp³-hybridized carbons (Fsp3) is 0.375. The van der Waals surface area contributed by atoms with Crippen LogP contribution >= 0.6 is 0 Å². The molecule has 9 nitrogen and oxygen atoms in total. The third-order valence-electron chi connectivity index (χ3n) is 5.93. The van der Waals surface area contributed by atoms with Crippen molar-refractivity contribution in [3.8, 4) is 11.3 Å². The van der Waals surface area contributed by atoms with Gasteiger partial charge in [0.05, 0.1) is 23.2 Å². The Bertz CT molecular complexity index is 1250. The van der Waals surface area contributed by atoms with E-state index < -0.39 is 17.2 Å². The summed E-state index contributed by atoms with van der Waals surface area (Å²) in [7, 11) is 1.56. The van der Waals surface area contributed by atoms with Crippen molar-refractivity contribution in [2.24, 2.45) is 0 Å². The van der Waals surface area contributed by atoms with E-state index in [1.807, 2.05) is 37.3 Å². The van der Waals surface area contributed by atoms with Crippen molar-refractivity contribution in [2.45, 2.75) is 45.1 Å². The minimum atomic E-state index is -2.29.